The molecule has 3 rings (SSSR count). The number of sulfonamides is 1. The van der Waals surface area contributed by atoms with Gasteiger partial charge in [-0.1, -0.05) is 72.1 Å². The summed E-state index contributed by atoms with van der Waals surface area (Å²) in [7, 11) is -0.704. The van der Waals surface area contributed by atoms with Crippen LogP contribution in [0.25, 0.3) is 0 Å². The maximum absolute atomic E-state index is 14.1. The molecule has 0 aromatic carbocycles. The lowest BCUT2D eigenvalue weighted by molar-refractivity contribution is -0.139. The molecule has 0 radical (unpaired) electrons. The van der Waals surface area contributed by atoms with Crippen molar-refractivity contribution in [2.75, 3.05) is 40.3 Å². The van der Waals surface area contributed by atoms with Crippen LogP contribution in [0.4, 0.5) is 0 Å². The highest BCUT2D eigenvalue weighted by Crippen LogP contribution is 2.36. The Bertz CT molecular complexity index is 1100. The van der Waals surface area contributed by atoms with Gasteiger partial charge in [-0.3, -0.25) is 19.8 Å². The number of carbonyl (C=O) groups is 3. The molecular weight excluding hydrogens is 630 g/mol. The third-order valence-electron chi connectivity index (χ3n) is 10.9. The van der Waals surface area contributed by atoms with E-state index in [4.69, 9.17) is 0 Å². The predicted molar refractivity (Wildman–Crippen MR) is 190 cm³/mol. The highest BCUT2D eigenvalue weighted by atomic mass is 32.2. The fraction of sp³-hybridized carbons (Fsp3) is 0.917. The predicted octanol–water partition coefficient (Wildman–Crippen LogP) is 4.45. The molecule has 0 aliphatic heterocycles. The first-order valence-electron chi connectivity index (χ1n) is 19.1. The molecule has 3 N–H and O–H groups in total. The van der Waals surface area contributed by atoms with Gasteiger partial charge in [-0.15, -0.1) is 0 Å². The van der Waals surface area contributed by atoms with Gasteiger partial charge in [0, 0.05) is 58.0 Å². The number of aliphatic hydroxyl groups excluding tert-OH is 1. The van der Waals surface area contributed by atoms with Crippen LogP contribution in [-0.4, -0.2) is 103 Å². The summed E-state index contributed by atoms with van der Waals surface area (Å²) in [6.07, 6.45) is 13.3. The molecule has 3 saturated carbocycles. The van der Waals surface area contributed by atoms with E-state index in [1.54, 1.807) is 0 Å². The summed E-state index contributed by atoms with van der Waals surface area (Å²) in [5, 5.41) is 15.9. The lowest BCUT2D eigenvalue weighted by Gasteiger charge is -2.38. The van der Waals surface area contributed by atoms with Gasteiger partial charge in [0.15, 0.2) is 0 Å². The molecule has 3 aliphatic carbocycles. The van der Waals surface area contributed by atoms with Crippen LogP contribution >= 0.6 is 0 Å². The average molecular weight is 698 g/mol. The topological polar surface area (TPSA) is 139 Å². The molecule has 0 spiro atoms. The van der Waals surface area contributed by atoms with E-state index in [1.165, 1.54) is 24.8 Å². The molecule has 11 nitrogen and oxygen atoms in total. The lowest BCUT2D eigenvalue weighted by atomic mass is 9.79. The van der Waals surface area contributed by atoms with Gasteiger partial charge >= 0.3 is 0 Å². The smallest absolute Gasteiger partial charge is 0.237 e. The van der Waals surface area contributed by atoms with E-state index < -0.39 is 39.3 Å². The van der Waals surface area contributed by atoms with Crippen LogP contribution in [-0.2, 0) is 24.4 Å². The number of carbonyl (C=O) groups excluding carboxylic acids is 3. The number of hydrogen-bond acceptors (Lipinski definition) is 7. The molecule has 0 saturated heterocycles. The Morgan fingerprint density at radius 2 is 1.31 bits per heavy atom. The van der Waals surface area contributed by atoms with E-state index in [-0.39, 0.29) is 43.0 Å². The summed E-state index contributed by atoms with van der Waals surface area (Å²) in [5.41, 5.74) is 3.08. The molecule has 0 bridgehead atoms. The molecule has 5 atom stereocenters. The molecule has 0 aromatic rings. The maximum atomic E-state index is 14.1. The second kappa shape index (κ2) is 20.2. The van der Waals surface area contributed by atoms with Gasteiger partial charge in [-0.2, -0.15) is 0 Å². The second-order valence-corrected chi connectivity index (χ2v) is 17.5. The first-order chi connectivity index (χ1) is 22.9. The minimum atomic E-state index is -3.71. The summed E-state index contributed by atoms with van der Waals surface area (Å²) in [6, 6.07) is -0.553. The highest BCUT2D eigenvalue weighted by molar-refractivity contribution is 7.89. The molecule has 3 fully saturated rings. The SMILES string of the molecule is CCCN(CC(O)C(CC1CCCCC1)NC(=O)C1CC(C(=O)N(CCC)CCC)CC(S(=O)(=O)N(C)C)C1)NC(=O)C1CCCCC1. The first-order valence-corrected chi connectivity index (χ1v) is 20.6. The van der Waals surface area contributed by atoms with Crippen LogP contribution in [0.15, 0.2) is 0 Å². The number of amides is 3. The van der Waals surface area contributed by atoms with Gasteiger partial charge in [-0.25, -0.2) is 17.7 Å². The molecule has 278 valence electrons. The van der Waals surface area contributed by atoms with Gasteiger partial charge < -0.3 is 15.3 Å². The molecule has 5 unspecified atom stereocenters. The zero-order valence-corrected chi connectivity index (χ0v) is 31.4. The zero-order chi connectivity index (χ0) is 35.3. The van der Waals surface area contributed by atoms with Gasteiger partial charge in [0.25, 0.3) is 0 Å². The van der Waals surface area contributed by atoms with Crippen molar-refractivity contribution >= 4 is 27.7 Å². The van der Waals surface area contributed by atoms with Crippen molar-refractivity contribution in [1.82, 2.24) is 25.0 Å². The minimum absolute atomic E-state index is 0.00749. The molecule has 12 heteroatoms. The van der Waals surface area contributed by atoms with Crippen LogP contribution in [0.5, 0.6) is 0 Å². The van der Waals surface area contributed by atoms with Crippen LogP contribution in [0, 0.1) is 23.7 Å². The third-order valence-corrected chi connectivity index (χ3v) is 13.1. The number of rotatable bonds is 18. The Balaban J connectivity index is 1.81. The van der Waals surface area contributed by atoms with Crippen molar-refractivity contribution in [2.45, 2.75) is 147 Å². The summed E-state index contributed by atoms with van der Waals surface area (Å²) in [6.45, 7) is 8.06. The Morgan fingerprint density at radius 1 is 0.750 bits per heavy atom. The van der Waals surface area contributed by atoms with E-state index in [0.717, 1.165) is 77.0 Å². The number of hydrogen-bond donors (Lipinski definition) is 3. The van der Waals surface area contributed by atoms with Crippen LogP contribution in [0.3, 0.4) is 0 Å². The Kier molecular flexibility index (Phi) is 17.1. The summed E-state index contributed by atoms with van der Waals surface area (Å²) < 4.78 is 28.0. The fourth-order valence-electron chi connectivity index (χ4n) is 8.18. The summed E-state index contributed by atoms with van der Waals surface area (Å²) >= 11 is 0. The van der Waals surface area contributed by atoms with E-state index >= 15 is 0 Å². The van der Waals surface area contributed by atoms with E-state index in [9.17, 15) is 27.9 Å². The van der Waals surface area contributed by atoms with Crippen molar-refractivity contribution in [1.29, 1.82) is 0 Å². The Morgan fingerprint density at radius 3 is 1.88 bits per heavy atom. The van der Waals surface area contributed by atoms with Gasteiger partial charge in [-0.05, 0) is 63.7 Å². The van der Waals surface area contributed by atoms with Gasteiger partial charge in [0.05, 0.1) is 17.4 Å². The maximum Gasteiger partial charge on any atom is 0.237 e. The Hall–Kier alpha value is -1.76. The number of hydrazine groups is 1. The van der Waals surface area contributed by atoms with Gasteiger partial charge in [0.1, 0.15) is 0 Å². The molecule has 3 amide bonds. The number of aliphatic hydroxyl groups is 1. The van der Waals surface area contributed by atoms with Crippen molar-refractivity contribution in [3.8, 4) is 0 Å². The van der Waals surface area contributed by atoms with Crippen molar-refractivity contribution < 1.29 is 27.9 Å². The van der Waals surface area contributed by atoms with Crippen LogP contribution < -0.4 is 10.7 Å². The highest BCUT2D eigenvalue weighted by Gasteiger charge is 2.44. The third kappa shape index (κ3) is 11.9. The minimum Gasteiger partial charge on any atom is -0.390 e. The summed E-state index contributed by atoms with van der Waals surface area (Å²) in [4.78, 5) is 42.9. The van der Waals surface area contributed by atoms with Crippen LogP contribution in [0.2, 0.25) is 0 Å². The van der Waals surface area contributed by atoms with Crippen LogP contribution in [0.1, 0.15) is 130 Å². The first kappa shape index (κ1) is 40.7. The fourth-order valence-corrected chi connectivity index (χ4v) is 9.72. The van der Waals surface area contributed by atoms with E-state index in [1.807, 2.05) is 30.7 Å². The molecule has 0 heterocycles. The number of nitrogens with zero attached hydrogens (tertiary/aromatic N) is 3. The second-order valence-electron chi connectivity index (χ2n) is 15.1. The zero-order valence-electron chi connectivity index (χ0n) is 30.6. The summed E-state index contributed by atoms with van der Waals surface area (Å²) in [5.74, 6) is -1.23. The quantitative estimate of drug-likeness (QED) is 0.180. The van der Waals surface area contributed by atoms with Crippen molar-refractivity contribution in [3.05, 3.63) is 0 Å². The van der Waals surface area contributed by atoms with Crippen molar-refractivity contribution in [3.63, 3.8) is 0 Å². The van der Waals surface area contributed by atoms with E-state index in [0.29, 0.717) is 38.4 Å². The number of nitrogens with one attached hydrogen (secondary N) is 2. The van der Waals surface area contributed by atoms with Crippen molar-refractivity contribution in [2.24, 2.45) is 23.7 Å². The monoisotopic (exact) mass is 697 g/mol. The normalized spacial score (nSPS) is 24.3. The lowest BCUT2D eigenvalue weighted by Crippen LogP contribution is -2.55. The molecule has 3 aliphatic rings. The van der Waals surface area contributed by atoms with Gasteiger partial charge in [0.2, 0.25) is 27.7 Å². The van der Waals surface area contributed by atoms with E-state index in [2.05, 4.69) is 10.7 Å². The molecule has 48 heavy (non-hydrogen) atoms. The molecule has 0 aromatic heterocycles. The average Bonchev–Trinajstić information content (AvgIpc) is 3.08. The Labute approximate surface area is 291 Å². The standard InChI is InChI=1S/C36H67N5O6S/c1-6-19-40(20-7-2)36(45)30-23-29(24-31(25-30)48(46,47)39(4)5)34(43)37-32(22-27-15-11-9-12-16-27)33(42)26-41(21-8-3)38-35(44)28-17-13-10-14-18-28/h27-33,42H,6-26H2,1-5H3,(H,37,43)(H,38,44). The molecular formula is C36H67N5O6S. The largest absolute Gasteiger partial charge is 0.390 e.